The minimum absolute atomic E-state index is 0.439. The molecule has 0 heterocycles. The molecule has 0 aromatic heterocycles. The van der Waals surface area contributed by atoms with Crippen molar-refractivity contribution in [2.75, 3.05) is 5.73 Å². The number of anilines is 1. The Labute approximate surface area is 126 Å². The zero-order chi connectivity index (χ0) is 14.5. The molecule has 0 atom stereocenters. The van der Waals surface area contributed by atoms with Crippen LogP contribution in [0.25, 0.3) is 0 Å². The van der Waals surface area contributed by atoms with Crippen LogP contribution < -0.4 is 5.73 Å². The van der Waals surface area contributed by atoms with E-state index in [4.69, 9.17) is 17.3 Å². The molecule has 2 aromatic carbocycles. The van der Waals surface area contributed by atoms with Crippen molar-refractivity contribution in [1.82, 2.24) is 4.90 Å². The van der Waals surface area contributed by atoms with Crippen LogP contribution in [0.4, 0.5) is 5.69 Å². The van der Waals surface area contributed by atoms with E-state index in [1.165, 1.54) is 5.56 Å². The van der Waals surface area contributed by atoms with Gasteiger partial charge in [-0.15, -0.1) is 0 Å². The molecule has 0 unspecified atom stereocenters. The number of hydrogen-bond donors (Lipinski definition) is 1. The summed E-state index contributed by atoms with van der Waals surface area (Å²) in [4.78, 5) is 2.39. The minimum Gasteiger partial charge on any atom is -0.398 e. The van der Waals surface area contributed by atoms with E-state index in [0.29, 0.717) is 6.04 Å². The zero-order valence-corrected chi connectivity index (χ0v) is 12.8. The molecule has 2 rings (SSSR count). The van der Waals surface area contributed by atoms with Gasteiger partial charge in [0, 0.05) is 29.8 Å². The first-order valence-electron chi connectivity index (χ1n) is 6.88. The van der Waals surface area contributed by atoms with Crippen LogP contribution in [0.1, 0.15) is 25.0 Å². The van der Waals surface area contributed by atoms with Gasteiger partial charge in [0.25, 0.3) is 0 Å². The zero-order valence-electron chi connectivity index (χ0n) is 12.0. The van der Waals surface area contributed by atoms with Crippen molar-refractivity contribution in [3.05, 3.63) is 64.7 Å². The maximum absolute atomic E-state index is 6.07. The summed E-state index contributed by atoms with van der Waals surface area (Å²) in [5.74, 6) is 0. The molecule has 0 aliphatic heterocycles. The first kappa shape index (κ1) is 14.9. The van der Waals surface area contributed by atoms with E-state index in [1.54, 1.807) is 0 Å². The van der Waals surface area contributed by atoms with E-state index in [-0.39, 0.29) is 0 Å². The Morgan fingerprint density at radius 2 is 1.75 bits per heavy atom. The molecular weight excluding hydrogens is 268 g/mol. The first-order chi connectivity index (χ1) is 9.56. The molecule has 0 saturated carbocycles. The number of hydrogen-bond acceptors (Lipinski definition) is 2. The van der Waals surface area contributed by atoms with Crippen molar-refractivity contribution in [2.45, 2.75) is 33.0 Å². The van der Waals surface area contributed by atoms with Crippen molar-refractivity contribution in [3.63, 3.8) is 0 Å². The molecule has 2 aromatic rings. The Morgan fingerprint density at radius 3 is 2.40 bits per heavy atom. The van der Waals surface area contributed by atoms with Crippen LogP contribution in [0.15, 0.2) is 48.5 Å². The number of halogens is 1. The van der Waals surface area contributed by atoms with Crippen LogP contribution in [0.2, 0.25) is 5.02 Å². The van der Waals surface area contributed by atoms with E-state index in [2.05, 4.69) is 43.0 Å². The van der Waals surface area contributed by atoms with Crippen LogP contribution in [-0.4, -0.2) is 10.9 Å². The fraction of sp³-hybridized carbons (Fsp3) is 0.294. The lowest BCUT2D eigenvalue weighted by Crippen LogP contribution is -2.30. The van der Waals surface area contributed by atoms with Crippen LogP contribution in [0.3, 0.4) is 0 Å². The topological polar surface area (TPSA) is 29.3 Å². The molecule has 0 fully saturated rings. The molecule has 0 amide bonds. The van der Waals surface area contributed by atoms with Gasteiger partial charge in [-0.3, -0.25) is 4.90 Å². The Kier molecular flexibility index (Phi) is 5.05. The molecule has 0 radical (unpaired) electrons. The van der Waals surface area contributed by atoms with Gasteiger partial charge in [0.1, 0.15) is 0 Å². The van der Waals surface area contributed by atoms with Crippen molar-refractivity contribution in [1.29, 1.82) is 0 Å². The predicted octanol–water partition coefficient (Wildman–Crippen LogP) is 4.33. The quantitative estimate of drug-likeness (QED) is 0.830. The van der Waals surface area contributed by atoms with Crippen molar-refractivity contribution in [2.24, 2.45) is 0 Å². The number of rotatable bonds is 5. The SMILES string of the molecule is CC(C)N(Cc1ccccc1)Cc1cc(Cl)ccc1N. The molecule has 0 aliphatic rings. The lowest BCUT2D eigenvalue weighted by Gasteiger charge is -2.27. The van der Waals surface area contributed by atoms with Gasteiger partial charge in [-0.1, -0.05) is 41.9 Å². The van der Waals surface area contributed by atoms with Crippen LogP contribution >= 0.6 is 11.6 Å². The molecule has 0 bridgehead atoms. The number of nitrogen functional groups attached to an aromatic ring is 1. The summed E-state index contributed by atoms with van der Waals surface area (Å²) >= 11 is 6.07. The molecule has 3 heteroatoms. The van der Waals surface area contributed by atoms with E-state index in [9.17, 15) is 0 Å². The number of nitrogens with zero attached hydrogens (tertiary/aromatic N) is 1. The van der Waals surface area contributed by atoms with Gasteiger partial charge in [-0.05, 0) is 43.2 Å². The lowest BCUT2D eigenvalue weighted by atomic mass is 10.1. The molecule has 0 saturated heterocycles. The van der Waals surface area contributed by atoms with Crippen molar-refractivity contribution >= 4 is 17.3 Å². The van der Waals surface area contributed by atoms with Gasteiger partial charge in [-0.2, -0.15) is 0 Å². The Balaban J connectivity index is 2.15. The van der Waals surface area contributed by atoms with Crippen molar-refractivity contribution in [3.8, 4) is 0 Å². The van der Waals surface area contributed by atoms with E-state index < -0.39 is 0 Å². The summed E-state index contributed by atoms with van der Waals surface area (Å²) < 4.78 is 0. The van der Waals surface area contributed by atoms with Crippen molar-refractivity contribution < 1.29 is 0 Å². The Hall–Kier alpha value is -1.51. The third-order valence-electron chi connectivity index (χ3n) is 3.44. The number of nitrogens with two attached hydrogens (primary N) is 1. The standard InChI is InChI=1S/C17H21ClN2/c1-13(2)20(11-14-6-4-3-5-7-14)12-15-10-16(18)8-9-17(15)19/h3-10,13H,11-12,19H2,1-2H3. The van der Waals surface area contributed by atoms with Crippen LogP contribution in [0, 0.1) is 0 Å². The average molecular weight is 289 g/mol. The van der Waals surface area contributed by atoms with Gasteiger partial charge in [0.15, 0.2) is 0 Å². The molecule has 20 heavy (non-hydrogen) atoms. The maximum Gasteiger partial charge on any atom is 0.0410 e. The highest BCUT2D eigenvalue weighted by molar-refractivity contribution is 6.30. The summed E-state index contributed by atoms with van der Waals surface area (Å²) in [6, 6.07) is 16.6. The smallest absolute Gasteiger partial charge is 0.0410 e. The molecule has 0 aliphatic carbocycles. The highest BCUT2D eigenvalue weighted by atomic mass is 35.5. The monoisotopic (exact) mass is 288 g/mol. The van der Waals surface area contributed by atoms with E-state index >= 15 is 0 Å². The molecular formula is C17H21ClN2. The summed E-state index contributed by atoms with van der Waals surface area (Å²) in [7, 11) is 0. The Bertz CT molecular complexity index is 552. The third-order valence-corrected chi connectivity index (χ3v) is 3.67. The second kappa shape index (κ2) is 6.78. The first-order valence-corrected chi connectivity index (χ1v) is 7.26. The molecule has 106 valence electrons. The van der Waals surface area contributed by atoms with Gasteiger partial charge in [0.05, 0.1) is 0 Å². The van der Waals surface area contributed by atoms with Gasteiger partial charge < -0.3 is 5.73 Å². The largest absolute Gasteiger partial charge is 0.398 e. The summed E-state index contributed by atoms with van der Waals surface area (Å²) in [6.07, 6.45) is 0. The summed E-state index contributed by atoms with van der Waals surface area (Å²) in [5.41, 5.74) is 9.24. The lowest BCUT2D eigenvalue weighted by molar-refractivity contribution is 0.204. The minimum atomic E-state index is 0.439. The van der Waals surface area contributed by atoms with Gasteiger partial charge in [0.2, 0.25) is 0 Å². The molecule has 2 N–H and O–H groups in total. The van der Waals surface area contributed by atoms with E-state index in [0.717, 1.165) is 29.4 Å². The highest BCUT2D eigenvalue weighted by Gasteiger charge is 2.12. The third kappa shape index (κ3) is 3.99. The fourth-order valence-corrected chi connectivity index (χ4v) is 2.36. The van der Waals surface area contributed by atoms with Gasteiger partial charge in [-0.25, -0.2) is 0 Å². The average Bonchev–Trinajstić information content (AvgIpc) is 2.43. The maximum atomic E-state index is 6.07. The summed E-state index contributed by atoms with van der Waals surface area (Å²) in [5, 5.41) is 0.734. The molecule has 0 spiro atoms. The fourth-order valence-electron chi connectivity index (χ4n) is 2.17. The van der Waals surface area contributed by atoms with Gasteiger partial charge >= 0.3 is 0 Å². The molecule has 2 nitrogen and oxygen atoms in total. The Morgan fingerprint density at radius 1 is 1.05 bits per heavy atom. The van der Waals surface area contributed by atoms with Crippen LogP contribution in [-0.2, 0) is 13.1 Å². The predicted molar refractivity (Wildman–Crippen MR) is 86.7 cm³/mol. The highest BCUT2D eigenvalue weighted by Crippen LogP contribution is 2.21. The number of benzene rings is 2. The van der Waals surface area contributed by atoms with Crippen LogP contribution in [0.5, 0.6) is 0 Å². The second-order valence-corrected chi connectivity index (χ2v) is 5.76. The van der Waals surface area contributed by atoms with E-state index in [1.807, 2.05) is 24.3 Å². The summed E-state index contributed by atoms with van der Waals surface area (Å²) in [6.45, 7) is 6.11. The normalized spacial score (nSPS) is 11.2. The second-order valence-electron chi connectivity index (χ2n) is 5.33.